The van der Waals surface area contributed by atoms with E-state index in [1.165, 1.54) is 22.3 Å². The minimum atomic E-state index is -0.253. The highest BCUT2D eigenvalue weighted by molar-refractivity contribution is 5.97. The number of fused-ring (bicyclic) bond motifs is 8. The molecule has 0 radical (unpaired) electrons. The fourth-order valence-electron chi connectivity index (χ4n) is 6.73. The predicted octanol–water partition coefficient (Wildman–Crippen LogP) is 8.77. The quantitative estimate of drug-likeness (QED) is 0.195. The smallest absolute Gasteiger partial charge is 0.306 e. The number of carbonyl (C=O) groups is 2. The number of ether oxygens (including phenoxy) is 2. The van der Waals surface area contributed by atoms with Gasteiger partial charge in [-0.3, -0.25) is 9.59 Å². The second-order valence-electron chi connectivity index (χ2n) is 11.6. The number of aromatic amines is 2. The van der Waals surface area contributed by atoms with Crippen LogP contribution in [0.1, 0.15) is 114 Å². The van der Waals surface area contributed by atoms with E-state index in [0.29, 0.717) is 26.1 Å². The highest BCUT2D eigenvalue weighted by Crippen LogP contribution is 2.40. The van der Waals surface area contributed by atoms with E-state index < -0.39 is 0 Å². The first-order valence-electron chi connectivity index (χ1n) is 16.8. The summed E-state index contributed by atoms with van der Waals surface area (Å²) in [5.41, 5.74) is 14.3. The SMILES string of the molecule is CCOC(=O)CCC1=C(CCC(=O)OCC)c2cc3[nH]c(cc4ccc(cc5nc(cc1n2)C(CC)=C5CC)[nH]4)c(CC)c3CC. The molecule has 0 aliphatic carbocycles. The van der Waals surface area contributed by atoms with Gasteiger partial charge in [0.05, 0.1) is 36.0 Å². The van der Waals surface area contributed by atoms with Gasteiger partial charge in [-0.25, -0.2) is 9.97 Å². The largest absolute Gasteiger partial charge is 0.466 e. The van der Waals surface area contributed by atoms with Crippen molar-refractivity contribution in [3.8, 4) is 0 Å². The van der Waals surface area contributed by atoms with E-state index >= 15 is 0 Å². The summed E-state index contributed by atoms with van der Waals surface area (Å²) in [5.74, 6) is -0.505. The summed E-state index contributed by atoms with van der Waals surface area (Å²) in [7, 11) is 0. The molecule has 0 amide bonds. The Hall–Kier alpha value is -4.46. The molecule has 2 aliphatic heterocycles. The van der Waals surface area contributed by atoms with Crippen molar-refractivity contribution in [3.05, 3.63) is 70.3 Å². The predicted molar refractivity (Wildman–Crippen MR) is 186 cm³/mol. The summed E-state index contributed by atoms with van der Waals surface area (Å²) in [6.45, 7) is 13.0. The van der Waals surface area contributed by atoms with E-state index in [4.69, 9.17) is 19.4 Å². The number of aryl methyl sites for hydroxylation is 2. The number of hydrogen-bond acceptors (Lipinski definition) is 6. The number of carbonyl (C=O) groups excluding carboxylic acids is 2. The zero-order valence-corrected chi connectivity index (χ0v) is 28.1. The lowest BCUT2D eigenvalue weighted by Crippen LogP contribution is -2.05. The topological polar surface area (TPSA) is 110 Å². The van der Waals surface area contributed by atoms with Gasteiger partial charge < -0.3 is 19.4 Å². The van der Waals surface area contributed by atoms with Gasteiger partial charge in [-0.1, -0.05) is 27.7 Å². The summed E-state index contributed by atoms with van der Waals surface area (Å²) in [5, 5.41) is 0. The second-order valence-corrected chi connectivity index (χ2v) is 11.6. The lowest BCUT2D eigenvalue weighted by molar-refractivity contribution is -0.143. The summed E-state index contributed by atoms with van der Waals surface area (Å²) in [4.78, 5) is 42.8. The number of H-pyrrole nitrogens is 2. The number of nitrogens with zero attached hydrogens (tertiary/aromatic N) is 2. The molecule has 5 heterocycles. The van der Waals surface area contributed by atoms with Crippen molar-refractivity contribution in [1.82, 2.24) is 19.9 Å². The van der Waals surface area contributed by atoms with Gasteiger partial charge in [0.1, 0.15) is 0 Å². The summed E-state index contributed by atoms with van der Waals surface area (Å²) < 4.78 is 10.6. The van der Waals surface area contributed by atoms with Gasteiger partial charge in [-0.2, -0.15) is 0 Å². The van der Waals surface area contributed by atoms with Gasteiger partial charge in [0.25, 0.3) is 0 Å². The Morgan fingerprint density at radius 3 is 1.52 bits per heavy atom. The molecule has 8 heteroatoms. The number of esters is 2. The molecule has 2 N–H and O–H groups in total. The van der Waals surface area contributed by atoms with Crippen molar-refractivity contribution >= 4 is 56.3 Å². The van der Waals surface area contributed by atoms with E-state index in [2.05, 4.69) is 74.1 Å². The average Bonchev–Trinajstić information content (AvgIpc) is 3.78. The lowest BCUT2D eigenvalue weighted by Gasteiger charge is -2.09. The van der Waals surface area contributed by atoms with Crippen LogP contribution in [0.3, 0.4) is 0 Å². The van der Waals surface area contributed by atoms with Crippen molar-refractivity contribution in [2.24, 2.45) is 0 Å². The molecule has 0 saturated carbocycles. The highest BCUT2D eigenvalue weighted by atomic mass is 16.5. The first-order chi connectivity index (χ1) is 22.3. The molecule has 0 atom stereocenters. The Morgan fingerprint density at radius 1 is 0.565 bits per heavy atom. The third-order valence-electron chi connectivity index (χ3n) is 8.79. The third kappa shape index (κ3) is 6.86. The molecule has 3 aromatic rings. The van der Waals surface area contributed by atoms with Gasteiger partial charge in [0, 0.05) is 34.9 Å². The average molecular weight is 623 g/mol. The minimum absolute atomic E-state index is 0.220. The van der Waals surface area contributed by atoms with Gasteiger partial charge in [0.2, 0.25) is 0 Å². The molecular formula is C38H46N4O4. The van der Waals surface area contributed by atoms with Gasteiger partial charge in [-0.15, -0.1) is 0 Å². The standard InChI is InChI=1S/C38H46N4O4/c1-7-25-27(9-3)33-21-35-29(15-17-37(43)45-11-5)30(16-18-38(44)46-12-6)36(42-35)22-34-28(10-4)26(8-2)32(41-34)20-24-14-13-23(39-24)19-31(25)40-33/h13-14,19-22,39-40H,7-12,15-18H2,1-6H3. The van der Waals surface area contributed by atoms with Crippen molar-refractivity contribution in [2.75, 3.05) is 13.2 Å². The molecule has 0 unspecified atom stereocenters. The van der Waals surface area contributed by atoms with Crippen molar-refractivity contribution in [2.45, 2.75) is 92.9 Å². The van der Waals surface area contributed by atoms with Crippen LogP contribution in [-0.2, 0) is 31.9 Å². The number of allylic oxidation sites excluding steroid dienone is 4. The molecule has 2 aliphatic rings. The van der Waals surface area contributed by atoms with Crippen LogP contribution in [-0.4, -0.2) is 45.1 Å². The first-order valence-corrected chi connectivity index (χ1v) is 16.8. The maximum atomic E-state index is 12.6. The van der Waals surface area contributed by atoms with Crippen molar-refractivity contribution in [3.63, 3.8) is 0 Å². The molecule has 8 bridgehead atoms. The Labute approximate surface area is 271 Å². The van der Waals surface area contributed by atoms with E-state index in [-0.39, 0.29) is 24.8 Å². The molecule has 5 rings (SSSR count). The van der Waals surface area contributed by atoms with E-state index in [1.54, 1.807) is 0 Å². The molecule has 0 aromatic carbocycles. The number of nitrogens with one attached hydrogen (secondary N) is 2. The van der Waals surface area contributed by atoms with Crippen LogP contribution in [0, 0.1) is 0 Å². The lowest BCUT2D eigenvalue weighted by atomic mass is 9.95. The maximum Gasteiger partial charge on any atom is 0.306 e. The Balaban J connectivity index is 1.86. The Morgan fingerprint density at radius 2 is 1.02 bits per heavy atom. The first kappa shape index (κ1) is 32.9. The Kier molecular flexibility index (Phi) is 10.6. The maximum absolute atomic E-state index is 12.6. The van der Waals surface area contributed by atoms with Gasteiger partial charge in [0.15, 0.2) is 0 Å². The zero-order chi connectivity index (χ0) is 32.8. The number of hydrogen-bond donors (Lipinski definition) is 2. The highest BCUT2D eigenvalue weighted by Gasteiger charge is 2.25. The van der Waals surface area contributed by atoms with E-state index in [9.17, 15) is 9.59 Å². The molecule has 3 aromatic heterocycles. The normalized spacial score (nSPS) is 13.0. The molecule has 0 spiro atoms. The van der Waals surface area contributed by atoms with Gasteiger partial charge >= 0.3 is 11.9 Å². The fraction of sp³-hybridized carbons (Fsp3) is 0.421. The van der Waals surface area contributed by atoms with Crippen LogP contribution in [0.5, 0.6) is 0 Å². The van der Waals surface area contributed by atoms with Crippen molar-refractivity contribution in [1.29, 1.82) is 0 Å². The van der Waals surface area contributed by atoms with Crippen molar-refractivity contribution < 1.29 is 19.1 Å². The van der Waals surface area contributed by atoms with Crippen LogP contribution in [0.25, 0.3) is 44.4 Å². The summed E-state index contributed by atoms with van der Waals surface area (Å²) in [6.07, 6.45) is 4.76. The molecule has 46 heavy (non-hydrogen) atoms. The van der Waals surface area contributed by atoms with Gasteiger partial charge in [-0.05, 0) is 122 Å². The molecule has 242 valence electrons. The van der Waals surface area contributed by atoms with Crippen LogP contribution in [0.2, 0.25) is 0 Å². The third-order valence-corrected chi connectivity index (χ3v) is 8.79. The molecular weight excluding hydrogens is 576 g/mol. The second kappa shape index (κ2) is 14.8. The van der Waals surface area contributed by atoms with Crippen LogP contribution < -0.4 is 0 Å². The Bertz CT molecular complexity index is 1860. The monoisotopic (exact) mass is 622 g/mol. The van der Waals surface area contributed by atoms with Crippen LogP contribution in [0.15, 0.2) is 36.4 Å². The fourth-order valence-corrected chi connectivity index (χ4v) is 6.73. The number of rotatable bonds is 12. The van der Waals surface area contributed by atoms with Crippen LogP contribution >= 0.6 is 0 Å². The molecule has 0 fully saturated rings. The number of aromatic nitrogens is 4. The minimum Gasteiger partial charge on any atom is -0.466 e. The summed E-state index contributed by atoms with van der Waals surface area (Å²) >= 11 is 0. The molecule has 8 nitrogen and oxygen atoms in total. The summed E-state index contributed by atoms with van der Waals surface area (Å²) in [6, 6.07) is 12.7. The zero-order valence-electron chi connectivity index (χ0n) is 28.1. The molecule has 0 saturated heterocycles. The van der Waals surface area contributed by atoms with Crippen LogP contribution in [0.4, 0.5) is 0 Å². The van der Waals surface area contributed by atoms with E-state index in [1.807, 2.05) is 13.8 Å². The van der Waals surface area contributed by atoms with E-state index in [0.717, 1.165) is 81.7 Å².